The third-order valence-corrected chi connectivity index (χ3v) is 3.59. The zero-order valence-corrected chi connectivity index (χ0v) is 8.89. The SMILES string of the molecule is OCc1nnc(CC2CCC2)n1C1CC1. The number of aromatic nitrogens is 3. The molecule has 2 aliphatic rings. The Kier molecular flexibility index (Phi) is 2.24. The summed E-state index contributed by atoms with van der Waals surface area (Å²) in [6.07, 6.45) is 7.56. The van der Waals surface area contributed by atoms with Crippen molar-refractivity contribution in [3.8, 4) is 0 Å². The smallest absolute Gasteiger partial charge is 0.159 e. The lowest BCUT2D eigenvalue weighted by Gasteiger charge is -2.24. The van der Waals surface area contributed by atoms with Crippen molar-refractivity contribution in [1.29, 1.82) is 0 Å². The van der Waals surface area contributed by atoms with Gasteiger partial charge < -0.3 is 9.67 Å². The Balaban J connectivity index is 1.82. The summed E-state index contributed by atoms with van der Waals surface area (Å²) >= 11 is 0. The molecule has 82 valence electrons. The van der Waals surface area contributed by atoms with Gasteiger partial charge in [0, 0.05) is 12.5 Å². The van der Waals surface area contributed by atoms with Gasteiger partial charge in [-0.1, -0.05) is 19.3 Å². The van der Waals surface area contributed by atoms with Crippen LogP contribution in [0.25, 0.3) is 0 Å². The molecule has 3 rings (SSSR count). The van der Waals surface area contributed by atoms with Crippen LogP contribution >= 0.6 is 0 Å². The highest BCUT2D eigenvalue weighted by molar-refractivity contribution is 5.03. The molecule has 0 spiro atoms. The van der Waals surface area contributed by atoms with E-state index in [4.69, 9.17) is 0 Å². The molecule has 1 N–H and O–H groups in total. The first-order valence-electron chi connectivity index (χ1n) is 5.92. The molecule has 1 aromatic heterocycles. The van der Waals surface area contributed by atoms with Crippen molar-refractivity contribution >= 4 is 0 Å². The summed E-state index contributed by atoms with van der Waals surface area (Å²) in [5, 5.41) is 17.5. The second-order valence-electron chi connectivity index (χ2n) is 4.79. The van der Waals surface area contributed by atoms with Gasteiger partial charge in [0.25, 0.3) is 0 Å². The summed E-state index contributed by atoms with van der Waals surface area (Å²) in [5.41, 5.74) is 0. The third kappa shape index (κ3) is 1.67. The van der Waals surface area contributed by atoms with Crippen molar-refractivity contribution in [1.82, 2.24) is 14.8 Å². The summed E-state index contributed by atoms with van der Waals surface area (Å²) in [5.74, 6) is 2.68. The summed E-state index contributed by atoms with van der Waals surface area (Å²) in [6.45, 7) is 0.0220. The van der Waals surface area contributed by atoms with Crippen LogP contribution in [0, 0.1) is 5.92 Å². The van der Waals surface area contributed by atoms with E-state index < -0.39 is 0 Å². The van der Waals surface area contributed by atoms with Gasteiger partial charge in [0.2, 0.25) is 0 Å². The molecule has 1 heterocycles. The molecule has 0 radical (unpaired) electrons. The number of hydrogen-bond acceptors (Lipinski definition) is 3. The molecule has 0 unspecified atom stereocenters. The van der Waals surface area contributed by atoms with Gasteiger partial charge in [-0.15, -0.1) is 10.2 Å². The van der Waals surface area contributed by atoms with Crippen LogP contribution in [0.1, 0.15) is 49.8 Å². The summed E-state index contributed by atoms with van der Waals surface area (Å²) in [6, 6.07) is 0.581. The van der Waals surface area contributed by atoms with Crippen LogP contribution in [0.3, 0.4) is 0 Å². The number of hydrogen-bond donors (Lipinski definition) is 1. The molecule has 0 saturated heterocycles. The summed E-state index contributed by atoms with van der Waals surface area (Å²) < 4.78 is 2.18. The average molecular weight is 207 g/mol. The highest BCUT2D eigenvalue weighted by Crippen LogP contribution is 2.38. The van der Waals surface area contributed by atoms with Crippen LogP contribution in [0.2, 0.25) is 0 Å². The Labute approximate surface area is 89.3 Å². The molecule has 0 aliphatic heterocycles. The summed E-state index contributed by atoms with van der Waals surface area (Å²) in [7, 11) is 0. The predicted octanol–water partition coefficient (Wildman–Crippen LogP) is 1.45. The number of aliphatic hydroxyl groups is 1. The second-order valence-corrected chi connectivity index (χ2v) is 4.79. The molecule has 2 fully saturated rings. The van der Waals surface area contributed by atoms with Crippen molar-refractivity contribution in [2.24, 2.45) is 5.92 Å². The summed E-state index contributed by atoms with van der Waals surface area (Å²) in [4.78, 5) is 0. The minimum atomic E-state index is 0.0220. The Morgan fingerprint density at radius 1 is 1.13 bits per heavy atom. The second kappa shape index (κ2) is 3.59. The van der Waals surface area contributed by atoms with Crippen LogP contribution in [0.4, 0.5) is 0 Å². The van der Waals surface area contributed by atoms with Crippen LogP contribution in [0.5, 0.6) is 0 Å². The number of nitrogens with zero attached hydrogens (tertiary/aromatic N) is 3. The molecule has 0 amide bonds. The monoisotopic (exact) mass is 207 g/mol. The maximum Gasteiger partial charge on any atom is 0.159 e. The van der Waals surface area contributed by atoms with Crippen LogP contribution in [0.15, 0.2) is 0 Å². The Hall–Kier alpha value is -0.900. The molecule has 0 bridgehead atoms. The molecule has 2 aliphatic carbocycles. The molecule has 4 nitrogen and oxygen atoms in total. The number of rotatable bonds is 4. The van der Waals surface area contributed by atoms with Gasteiger partial charge in [0.15, 0.2) is 5.82 Å². The molecular formula is C11H17N3O. The predicted molar refractivity (Wildman–Crippen MR) is 55.3 cm³/mol. The van der Waals surface area contributed by atoms with E-state index >= 15 is 0 Å². The molecule has 0 atom stereocenters. The van der Waals surface area contributed by atoms with E-state index in [-0.39, 0.29) is 6.61 Å². The largest absolute Gasteiger partial charge is 0.388 e. The van der Waals surface area contributed by atoms with Gasteiger partial charge in [0.1, 0.15) is 12.4 Å². The van der Waals surface area contributed by atoms with E-state index in [1.807, 2.05) is 0 Å². The minimum absolute atomic E-state index is 0.0220. The highest BCUT2D eigenvalue weighted by atomic mass is 16.3. The first-order chi connectivity index (χ1) is 7.38. The maximum absolute atomic E-state index is 9.19. The fraction of sp³-hybridized carbons (Fsp3) is 0.818. The third-order valence-electron chi connectivity index (χ3n) is 3.59. The van der Waals surface area contributed by atoms with Gasteiger partial charge in [0.05, 0.1) is 0 Å². The fourth-order valence-electron chi connectivity index (χ4n) is 2.32. The molecular weight excluding hydrogens is 190 g/mol. The highest BCUT2D eigenvalue weighted by Gasteiger charge is 2.30. The van der Waals surface area contributed by atoms with Crippen molar-refractivity contribution in [3.63, 3.8) is 0 Å². The molecule has 2 saturated carbocycles. The molecule has 1 aromatic rings. The maximum atomic E-state index is 9.19. The normalized spacial score (nSPS) is 21.7. The molecule has 15 heavy (non-hydrogen) atoms. The van der Waals surface area contributed by atoms with Crippen LogP contribution in [-0.2, 0) is 13.0 Å². The Morgan fingerprint density at radius 2 is 1.87 bits per heavy atom. The van der Waals surface area contributed by atoms with Gasteiger partial charge in [-0.25, -0.2) is 0 Å². The topological polar surface area (TPSA) is 50.9 Å². The van der Waals surface area contributed by atoms with Crippen molar-refractivity contribution in [2.75, 3.05) is 0 Å². The Morgan fingerprint density at radius 3 is 2.40 bits per heavy atom. The van der Waals surface area contributed by atoms with Gasteiger partial charge in [-0.2, -0.15) is 0 Å². The van der Waals surface area contributed by atoms with Gasteiger partial charge in [-0.3, -0.25) is 0 Å². The van der Waals surface area contributed by atoms with E-state index in [2.05, 4.69) is 14.8 Å². The van der Waals surface area contributed by atoms with E-state index in [9.17, 15) is 5.11 Å². The zero-order valence-electron chi connectivity index (χ0n) is 8.89. The molecule has 4 heteroatoms. The van der Waals surface area contributed by atoms with Crippen molar-refractivity contribution in [2.45, 2.75) is 51.2 Å². The standard InChI is InChI=1S/C11H17N3O/c15-7-11-13-12-10(6-8-2-1-3-8)14(11)9-4-5-9/h8-9,15H,1-7H2. The van der Waals surface area contributed by atoms with Crippen LogP contribution < -0.4 is 0 Å². The quantitative estimate of drug-likeness (QED) is 0.813. The van der Waals surface area contributed by atoms with Crippen molar-refractivity contribution in [3.05, 3.63) is 11.6 Å². The van der Waals surface area contributed by atoms with Crippen molar-refractivity contribution < 1.29 is 5.11 Å². The van der Waals surface area contributed by atoms with E-state index in [0.29, 0.717) is 6.04 Å². The van der Waals surface area contributed by atoms with Gasteiger partial charge in [-0.05, 0) is 18.8 Å². The van der Waals surface area contributed by atoms with E-state index in [0.717, 1.165) is 24.0 Å². The lowest BCUT2D eigenvalue weighted by atomic mass is 9.83. The zero-order chi connectivity index (χ0) is 10.3. The number of aliphatic hydroxyl groups excluding tert-OH is 1. The lowest BCUT2D eigenvalue weighted by Crippen LogP contribution is -2.17. The average Bonchev–Trinajstić information content (AvgIpc) is 2.93. The van der Waals surface area contributed by atoms with Gasteiger partial charge >= 0.3 is 0 Å². The molecule has 0 aromatic carbocycles. The van der Waals surface area contributed by atoms with Crippen LogP contribution in [-0.4, -0.2) is 19.9 Å². The minimum Gasteiger partial charge on any atom is -0.388 e. The first kappa shape index (κ1) is 9.33. The van der Waals surface area contributed by atoms with E-state index in [1.54, 1.807) is 0 Å². The first-order valence-corrected chi connectivity index (χ1v) is 5.92. The van der Waals surface area contributed by atoms with E-state index in [1.165, 1.54) is 32.1 Å². The Bertz CT molecular complexity index is 353. The fourth-order valence-corrected chi connectivity index (χ4v) is 2.32. The lowest BCUT2D eigenvalue weighted by molar-refractivity contribution is 0.262.